The lowest BCUT2D eigenvalue weighted by molar-refractivity contribution is -0.139. The summed E-state index contributed by atoms with van der Waals surface area (Å²) in [5, 5.41) is 11.9. The summed E-state index contributed by atoms with van der Waals surface area (Å²) in [5.74, 6) is -0.669. The van der Waals surface area contributed by atoms with Crippen LogP contribution in [0.5, 0.6) is 5.75 Å². The standard InChI is InChI=1S/C13H18FNO3/c1-2-8-15-12(13(16)17)7-9-18-11-5-3-10(14)4-6-11/h3-6,12,15H,2,7-9H2,1H3,(H,16,17). The van der Waals surface area contributed by atoms with Gasteiger partial charge in [-0.2, -0.15) is 0 Å². The van der Waals surface area contributed by atoms with Crippen LogP contribution in [0.15, 0.2) is 24.3 Å². The van der Waals surface area contributed by atoms with Gasteiger partial charge in [-0.1, -0.05) is 6.92 Å². The number of hydrogen-bond acceptors (Lipinski definition) is 3. The lowest BCUT2D eigenvalue weighted by atomic mass is 10.2. The lowest BCUT2D eigenvalue weighted by Gasteiger charge is -2.14. The van der Waals surface area contributed by atoms with Gasteiger partial charge in [-0.3, -0.25) is 4.79 Å². The Balaban J connectivity index is 2.34. The summed E-state index contributed by atoms with van der Waals surface area (Å²) < 4.78 is 18.0. The molecule has 4 nitrogen and oxygen atoms in total. The fraction of sp³-hybridized carbons (Fsp3) is 0.462. The van der Waals surface area contributed by atoms with Crippen molar-refractivity contribution >= 4 is 5.97 Å². The molecule has 100 valence electrons. The molecular weight excluding hydrogens is 237 g/mol. The molecule has 1 unspecified atom stereocenters. The molecular formula is C13H18FNO3. The van der Waals surface area contributed by atoms with Crippen LogP contribution in [0.4, 0.5) is 4.39 Å². The predicted octanol–water partition coefficient (Wildman–Crippen LogP) is 2.05. The van der Waals surface area contributed by atoms with E-state index in [2.05, 4.69) is 5.32 Å². The third-order valence-electron chi connectivity index (χ3n) is 2.43. The van der Waals surface area contributed by atoms with E-state index < -0.39 is 12.0 Å². The normalized spacial score (nSPS) is 12.1. The summed E-state index contributed by atoms with van der Waals surface area (Å²) in [5.41, 5.74) is 0. The van der Waals surface area contributed by atoms with Crippen LogP contribution in [0.25, 0.3) is 0 Å². The monoisotopic (exact) mass is 255 g/mol. The molecule has 1 aromatic rings. The zero-order valence-electron chi connectivity index (χ0n) is 10.4. The summed E-state index contributed by atoms with van der Waals surface area (Å²) in [7, 11) is 0. The number of halogens is 1. The fourth-order valence-corrected chi connectivity index (χ4v) is 1.46. The van der Waals surface area contributed by atoms with Crippen molar-refractivity contribution in [1.29, 1.82) is 0 Å². The summed E-state index contributed by atoms with van der Waals surface area (Å²) in [4.78, 5) is 10.9. The van der Waals surface area contributed by atoms with Crippen LogP contribution >= 0.6 is 0 Å². The number of rotatable bonds is 8. The minimum Gasteiger partial charge on any atom is -0.494 e. The Morgan fingerprint density at radius 3 is 2.67 bits per heavy atom. The molecule has 5 heteroatoms. The number of aliphatic carboxylic acids is 1. The highest BCUT2D eigenvalue weighted by molar-refractivity contribution is 5.73. The maximum atomic E-state index is 12.6. The van der Waals surface area contributed by atoms with Crippen molar-refractivity contribution in [2.45, 2.75) is 25.8 Å². The topological polar surface area (TPSA) is 58.6 Å². The van der Waals surface area contributed by atoms with Crippen molar-refractivity contribution in [1.82, 2.24) is 5.32 Å². The molecule has 0 aliphatic rings. The van der Waals surface area contributed by atoms with Gasteiger partial charge in [0, 0.05) is 6.42 Å². The molecule has 0 amide bonds. The van der Waals surface area contributed by atoms with E-state index in [0.717, 1.165) is 6.42 Å². The first-order chi connectivity index (χ1) is 8.63. The van der Waals surface area contributed by atoms with Gasteiger partial charge in [-0.15, -0.1) is 0 Å². The van der Waals surface area contributed by atoms with Crippen molar-refractivity contribution in [2.75, 3.05) is 13.2 Å². The molecule has 0 aliphatic carbocycles. The van der Waals surface area contributed by atoms with E-state index in [9.17, 15) is 9.18 Å². The Kier molecular flexibility index (Phi) is 6.14. The van der Waals surface area contributed by atoms with Crippen LogP contribution in [0.1, 0.15) is 19.8 Å². The van der Waals surface area contributed by atoms with Gasteiger partial charge in [0.2, 0.25) is 0 Å². The maximum Gasteiger partial charge on any atom is 0.320 e. The third kappa shape index (κ3) is 5.14. The first kappa shape index (κ1) is 14.4. The molecule has 0 spiro atoms. The van der Waals surface area contributed by atoms with Gasteiger partial charge in [0.1, 0.15) is 17.6 Å². The van der Waals surface area contributed by atoms with Crippen molar-refractivity contribution in [3.05, 3.63) is 30.1 Å². The van der Waals surface area contributed by atoms with Gasteiger partial charge in [0.05, 0.1) is 6.61 Å². The summed E-state index contributed by atoms with van der Waals surface area (Å²) >= 11 is 0. The van der Waals surface area contributed by atoms with Crippen molar-refractivity contribution in [3.8, 4) is 5.75 Å². The van der Waals surface area contributed by atoms with E-state index in [0.29, 0.717) is 18.7 Å². The van der Waals surface area contributed by atoms with Crippen LogP contribution in [0.2, 0.25) is 0 Å². The molecule has 1 atom stereocenters. The van der Waals surface area contributed by atoms with E-state index in [1.165, 1.54) is 24.3 Å². The van der Waals surface area contributed by atoms with E-state index in [1.54, 1.807) is 0 Å². The highest BCUT2D eigenvalue weighted by Crippen LogP contribution is 2.11. The fourth-order valence-electron chi connectivity index (χ4n) is 1.46. The van der Waals surface area contributed by atoms with Gasteiger partial charge >= 0.3 is 5.97 Å². The van der Waals surface area contributed by atoms with Crippen molar-refractivity contribution in [3.63, 3.8) is 0 Å². The molecule has 0 heterocycles. The Morgan fingerprint density at radius 2 is 2.11 bits per heavy atom. The van der Waals surface area contributed by atoms with E-state index in [-0.39, 0.29) is 12.4 Å². The largest absolute Gasteiger partial charge is 0.494 e. The third-order valence-corrected chi connectivity index (χ3v) is 2.43. The molecule has 0 fully saturated rings. The number of carboxylic acids is 1. The van der Waals surface area contributed by atoms with Crippen LogP contribution in [-0.2, 0) is 4.79 Å². The minimum absolute atomic E-state index is 0.277. The SMILES string of the molecule is CCCNC(CCOc1ccc(F)cc1)C(=O)O. The Labute approximate surface area is 106 Å². The molecule has 0 saturated carbocycles. The Bertz CT molecular complexity index is 367. The van der Waals surface area contributed by atoms with E-state index >= 15 is 0 Å². The summed E-state index contributed by atoms with van der Waals surface area (Å²) in [6.07, 6.45) is 1.25. The second-order valence-electron chi connectivity index (χ2n) is 3.94. The van der Waals surface area contributed by atoms with E-state index in [1.807, 2.05) is 6.92 Å². The van der Waals surface area contributed by atoms with Gasteiger partial charge in [-0.25, -0.2) is 4.39 Å². The summed E-state index contributed by atoms with van der Waals surface area (Å²) in [6, 6.07) is 5.04. The van der Waals surface area contributed by atoms with Crippen molar-refractivity contribution < 1.29 is 19.0 Å². The second kappa shape index (κ2) is 7.66. The van der Waals surface area contributed by atoms with Gasteiger partial charge in [0.25, 0.3) is 0 Å². The minimum atomic E-state index is -0.883. The van der Waals surface area contributed by atoms with Crippen LogP contribution in [0, 0.1) is 5.82 Å². The number of hydrogen-bond donors (Lipinski definition) is 2. The number of carboxylic acid groups (broad SMARTS) is 1. The van der Waals surface area contributed by atoms with Crippen molar-refractivity contribution in [2.24, 2.45) is 0 Å². The number of nitrogens with one attached hydrogen (secondary N) is 1. The zero-order valence-corrected chi connectivity index (χ0v) is 10.4. The zero-order chi connectivity index (χ0) is 13.4. The van der Waals surface area contributed by atoms with Gasteiger partial charge in [0.15, 0.2) is 0 Å². The quantitative estimate of drug-likeness (QED) is 0.746. The lowest BCUT2D eigenvalue weighted by Crippen LogP contribution is -2.38. The molecule has 1 rings (SSSR count). The van der Waals surface area contributed by atoms with Gasteiger partial charge < -0.3 is 15.2 Å². The summed E-state index contributed by atoms with van der Waals surface area (Å²) in [6.45, 7) is 2.91. The first-order valence-electron chi connectivity index (χ1n) is 5.98. The number of benzene rings is 1. The molecule has 2 N–H and O–H groups in total. The first-order valence-corrected chi connectivity index (χ1v) is 5.98. The van der Waals surface area contributed by atoms with Crippen LogP contribution in [0.3, 0.4) is 0 Å². The number of ether oxygens (including phenoxy) is 1. The molecule has 18 heavy (non-hydrogen) atoms. The molecule has 0 aliphatic heterocycles. The highest BCUT2D eigenvalue weighted by Gasteiger charge is 2.15. The average Bonchev–Trinajstić information content (AvgIpc) is 2.35. The second-order valence-corrected chi connectivity index (χ2v) is 3.94. The smallest absolute Gasteiger partial charge is 0.320 e. The Hall–Kier alpha value is -1.62. The molecule has 1 aromatic carbocycles. The average molecular weight is 255 g/mol. The van der Waals surface area contributed by atoms with Crippen LogP contribution in [-0.4, -0.2) is 30.3 Å². The van der Waals surface area contributed by atoms with Gasteiger partial charge in [-0.05, 0) is 37.2 Å². The molecule has 0 radical (unpaired) electrons. The predicted molar refractivity (Wildman–Crippen MR) is 66.2 cm³/mol. The van der Waals surface area contributed by atoms with Crippen LogP contribution < -0.4 is 10.1 Å². The molecule has 0 bridgehead atoms. The molecule has 0 saturated heterocycles. The Morgan fingerprint density at radius 1 is 1.44 bits per heavy atom. The maximum absolute atomic E-state index is 12.6. The number of carbonyl (C=O) groups is 1. The molecule has 0 aromatic heterocycles. The highest BCUT2D eigenvalue weighted by atomic mass is 19.1. The van der Waals surface area contributed by atoms with E-state index in [4.69, 9.17) is 9.84 Å².